The van der Waals surface area contributed by atoms with E-state index in [4.69, 9.17) is 24.9 Å². The Balaban J connectivity index is 0.865. The largest absolute Gasteiger partial charge is 0.476 e. The molecular weight excluding hydrogens is 763 g/mol. The number of carboxylic acid groups (broad SMARTS) is 1. The molecule has 5 N–H and O–H groups in total. The number of rotatable bonds is 15. The van der Waals surface area contributed by atoms with Gasteiger partial charge in [0.15, 0.2) is 10.8 Å². The fourth-order valence-corrected chi connectivity index (χ4v) is 14.5. The highest BCUT2D eigenvalue weighted by Gasteiger charge is 2.93. The Morgan fingerprint density at radius 1 is 1.00 bits per heavy atom. The fourth-order valence-electron chi connectivity index (χ4n) is 13.6. The van der Waals surface area contributed by atoms with E-state index in [1.165, 1.54) is 12.8 Å². The van der Waals surface area contributed by atoms with Crippen LogP contribution in [0.2, 0.25) is 0 Å². The fraction of sp³-hybridized carbons (Fsp3) is 0.556. The Labute approximate surface area is 349 Å². The number of aromatic carboxylic acids is 1. The van der Waals surface area contributed by atoms with Crippen LogP contribution in [-0.2, 0) is 11.3 Å². The minimum absolute atomic E-state index is 0.0193. The predicted octanol–water partition coefficient (Wildman–Crippen LogP) is 7.27. The Hall–Kier alpha value is -4.50. The number of aliphatic hydroxyl groups is 1. The summed E-state index contributed by atoms with van der Waals surface area (Å²) in [5, 5.41) is 29.0. The van der Waals surface area contributed by atoms with Crippen LogP contribution in [0.1, 0.15) is 94.7 Å². The summed E-state index contributed by atoms with van der Waals surface area (Å²) < 4.78 is 10.2. The van der Waals surface area contributed by atoms with Gasteiger partial charge in [0.1, 0.15) is 17.5 Å². The molecule has 1 spiro atoms. The molecule has 0 radical (unpaired) electrons. The average molecular weight is 820 g/mol. The maximum absolute atomic E-state index is 12.9. The van der Waals surface area contributed by atoms with Crippen molar-refractivity contribution in [2.45, 2.75) is 97.6 Å². The number of fused-ring (bicyclic) bond motifs is 2. The Morgan fingerprint density at radius 3 is 2.56 bits per heavy atom. The van der Waals surface area contributed by atoms with Crippen LogP contribution in [0, 0.1) is 28.6 Å². The van der Waals surface area contributed by atoms with Gasteiger partial charge in [-0.25, -0.2) is 14.8 Å². The normalized spacial score (nSPS) is 30.3. The van der Waals surface area contributed by atoms with Crippen molar-refractivity contribution in [1.82, 2.24) is 35.5 Å². The zero-order valence-electron chi connectivity index (χ0n) is 35.0. The molecule has 2 atom stereocenters. The van der Waals surface area contributed by atoms with Gasteiger partial charge in [0.2, 0.25) is 0 Å². The number of anilines is 2. The van der Waals surface area contributed by atoms with Crippen molar-refractivity contribution in [3.05, 3.63) is 76.8 Å². The Kier molecular flexibility index (Phi) is 9.03. The maximum atomic E-state index is 12.9. The first-order valence-electron chi connectivity index (χ1n) is 21.4. The highest BCUT2D eigenvalue weighted by molar-refractivity contribution is 7.22. The minimum atomic E-state index is -1.06. The number of carboxylic acids is 1. The van der Waals surface area contributed by atoms with Crippen LogP contribution in [0.15, 0.2) is 65.4 Å². The number of allylic oxidation sites excluding steroid dienone is 2. The number of unbranched alkanes of at least 4 members (excludes halogenated alkanes) is 1. The van der Waals surface area contributed by atoms with Gasteiger partial charge in [-0.15, -0.1) is 0 Å². The second kappa shape index (κ2) is 13.8. The second-order valence-electron chi connectivity index (χ2n) is 19.1. The molecule has 59 heavy (non-hydrogen) atoms. The number of likely N-dealkylation sites (N-methyl/N-ethyl adjacent to an activating group) is 1. The van der Waals surface area contributed by atoms with E-state index in [0.29, 0.717) is 17.9 Å². The van der Waals surface area contributed by atoms with E-state index in [0.717, 1.165) is 121 Å². The molecule has 2 aliphatic heterocycles. The van der Waals surface area contributed by atoms with E-state index in [9.17, 15) is 9.90 Å². The molecule has 6 aliphatic rings. The number of pyridine rings is 1. The van der Waals surface area contributed by atoms with Crippen molar-refractivity contribution in [2.75, 3.05) is 50.1 Å². The number of aromatic nitrogens is 4. The summed E-state index contributed by atoms with van der Waals surface area (Å²) >= 11 is 1.61. The average Bonchev–Trinajstić information content (AvgIpc) is 3.91. The summed E-state index contributed by atoms with van der Waals surface area (Å²) in [5.41, 5.74) is 13.2. The SMILES string of the molecule is CC1=C(Nc2nc3ccccc3s2)NNC2=C1CCCN2c1ccc(-c2cnn(CC34CC5(C)CC6(OCCN(C)CCCCO)CC(C)(C3)C56C4)c2C)c(C(=O)O)n1. The molecule has 4 fully saturated rings. The third-order valence-corrected chi connectivity index (χ3v) is 16.4. The summed E-state index contributed by atoms with van der Waals surface area (Å²) in [7, 11) is 2.15. The first-order valence-corrected chi connectivity index (χ1v) is 22.2. The van der Waals surface area contributed by atoms with Gasteiger partial charge in [0, 0.05) is 54.1 Å². The van der Waals surface area contributed by atoms with E-state index in [-0.39, 0.29) is 39.6 Å². The molecule has 13 nitrogen and oxygen atoms in total. The lowest BCUT2D eigenvalue weighted by molar-refractivity contribution is -0.397. The van der Waals surface area contributed by atoms with Gasteiger partial charge in [-0.2, -0.15) is 5.10 Å². The molecule has 5 heterocycles. The molecule has 2 bridgehead atoms. The third-order valence-electron chi connectivity index (χ3n) is 15.4. The summed E-state index contributed by atoms with van der Waals surface area (Å²) in [5.74, 6) is 1.27. The van der Waals surface area contributed by atoms with E-state index in [1.807, 2.05) is 36.5 Å². The molecule has 2 unspecified atom stereocenters. The maximum Gasteiger partial charge on any atom is 0.355 e. The third kappa shape index (κ3) is 5.72. The molecule has 3 aromatic heterocycles. The molecule has 4 saturated carbocycles. The van der Waals surface area contributed by atoms with Crippen LogP contribution < -0.4 is 21.1 Å². The lowest BCUT2D eigenvalue weighted by Crippen LogP contribution is -2.82. The smallest absolute Gasteiger partial charge is 0.355 e. The standard InChI is InChI=1S/C45H57N9O4S/c1-28-30-11-10-17-53(38(30)51-50-37(28)49-40-47-33-12-6-7-13-34(33)59-40)35-15-14-31(36(48-35)39(56)57)32-21-46-54(29(32)2)27-43-22-41(3)24-44(25-42(4,23-43)45(41,44)26-43)58-20-18-52(5)16-8-9-19-55/h6-7,12-15,21,50-51,55H,8-11,16-20,22-27H2,1-5H3,(H,47,49)(H,56,57). The lowest BCUT2D eigenvalue weighted by Gasteiger charge is -2.82. The van der Waals surface area contributed by atoms with Crippen molar-refractivity contribution < 1.29 is 19.7 Å². The number of hydrogen-bond acceptors (Lipinski definition) is 12. The van der Waals surface area contributed by atoms with Crippen LogP contribution in [-0.4, -0.2) is 86.3 Å². The zero-order valence-corrected chi connectivity index (χ0v) is 35.8. The number of thiazole rings is 1. The molecule has 1 aromatic carbocycles. The van der Waals surface area contributed by atoms with Gasteiger partial charge in [0.05, 0.1) is 28.6 Å². The quantitative estimate of drug-likeness (QED) is 0.0767. The molecule has 14 heteroatoms. The molecular formula is C45H57N9O4S. The highest BCUT2D eigenvalue weighted by Crippen LogP contribution is 2.95. The summed E-state index contributed by atoms with van der Waals surface area (Å²) in [4.78, 5) is 26.9. The number of carbonyl (C=O) groups is 1. The van der Waals surface area contributed by atoms with Gasteiger partial charge in [-0.3, -0.25) is 15.5 Å². The number of nitrogens with zero attached hydrogens (tertiary/aromatic N) is 6. The van der Waals surface area contributed by atoms with Crippen molar-refractivity contribution in [2.24, 2.45) is 21.7 Å². The highest BCUT2D eigenvalue weighted by atomic mass is 32.1. The van der Waals surface area contributed by atoms with Gasteiger partial charge in [0.25, 0.3) is 0 Å². The minimum Gasteiger partial charge on any atom is -0.476 e. The number of aliphatic hydroxyl groups excluding tert-OH is 1. The van der Waals surface area contributed by atoms with Gasteiger partial charge < -0.3 is 30.1 Å². The first kappa shape index (κ1) is 38.7. The van der Waals surface area contributed by atoms with Gasteiger partial charge >= 0.3 is 5.97 Å². The number of para-hydroxylation sites is 1. The van der Waals surface area contributed by atoms with Gasteiger partial charge in [-0.1, -0.05) is 37.3 Å². The van der Waals surface area contributed by atoms with Crippen molar-refractivity contribution >= 4 is 38.5 Å². The topological polar surface area (TPSA) is 153 Å². The van der Waals surface area contributed by atoms with E-state index < -0.39 is 5.97 Å². The van der Waals surface area contributed by atoms with Crippen molar-refractivity contribution in [3.8, 4) is 11.1 Å². The molecule has 10 rings (SSSR count). The molecule has 0 saturated heterocycles. The Bertz CT molecular complexity index is 2360. The van der Waals surface area contributed by atoms with Crippen molar-refractivity contribution in [1.29, 1.82) is 0 Å². The first-order chi connectivity index (χ1) is 28.3. The van der Waals surface area contributed by atoms with E-state index >= 15 is 0 Å². The zero-order chi connectivity index (χ0) is 41.0. The second-order valence-corrected chi connectivity index (χ2v) is 20.1. The van der Waals surface area contributed by atoms with E-state index in [2.05, 4.69) is 71.5 Å². The number of hydrazine groups is 1. The lowest BCUT2D eigenvalue weighted by atomic mass is 9.25. The molecule has 312 valence electrons. The van der Waals surface area contributed by atoms with Crippen molar-refractivity contribution in [3.63, 3.8) is 0 Å². The Morgan fingerprint density at radius 2 is 1.80 bits per heavy atom. The molecule has 0 amide bonds. The molecule has 4 aromatic rings. The monoisotopic (exact) mass is 819 g/mol. The summed E-state index contributed by atoms with van der Waals surface area (Å²) in [6, 6.07) is 12.0. The van der Waals surface area contributed by atoms with Gasteiger partial charge in [-0.05, 0) is 131 Å². The molecule has 4 aliphatic carbocycles. The van der Waals surface area contributed by atoms with Crippen LogP contribution in [0.3, 0.4) is 0 Å². The summed E-state index contributed by atoms with van der Waals surface area (Å²) in [6.45, 7) is 13.6. The van der Waals surface area contributed by atoms with Crippen LogP contribution in [0.5, 0.6) is 0 Å². The predicted molar refractivity (Wildman–Crippen MR) is 230 cm³/mol. The van der Waals surface area contributed by atoms with Crippen LogP contribution in [0.4, 0.5) is 10.9 Å². The number of benzene rings is 1. The van der Waals surface area contributed by atoms with Crippen LogP contribution in [0.25, 0.3) is 21.3 Å². The summed E-state index contributed by atoms with van der Waals surface area (Å²) in [6.07, 6.45) is 11.3. The number of nitrogens with one attached hydrogen (secondary N) is 3. The van der Waals surface area contributed by atoms with E-state index in [1.54, 1.807) is 11.3 Å². The number of ether oxygens (including phenoxy) is 1. The number of hydrogen-bond donors (Lipinski definition) is 5. The van der Waals surface area contributed by atoms with Crippen LogP contribution >= 0.6 is 11.3 Å².